The van der Waals surface area contributed by atoms with Crippen molar-refractivity contribution in [3.8, 4) is 0 Å². The summed E-state index contributed by atoms with van der Waals surface area (Å²) in [6.07, 6.45) is 7.90. The molecule has 1 saturated heterocycles. The normalized spacial score (nSPS) is 21.1. The van der Waals surface area contributed by atoms with Crippen LogP contribution in [0.4, 0.5) is 11.6 Å². The Labute approximate surface area is 138 Å². The number of pyridine rings is 1. The van der Waals surface area contributed by atoms with Crippen LogP contribution in [0.1, 0.15) is 44.9 Å². The van der Waals surface area contributed by atoms with Crippen molar-refractivity contribution >= 4 is 17.5 Å². The highest BCUT2D eigenvalue weighted by atomic mass is 16.1. The number of carbonyl (C=O) groups is 1. The molecule has 0 bridgehead atoms. The van der Waals surface area contributed by atoms with Gasteiger partial charge in [-0.15, -0.1) is 0 Å². The molecule has 5 heteroatoms. The van der Waals surface area contributed by atoms with E-state index in [1.165, 1.54) is 19.3 Å². The van der Waals surface area contributed by atoms with Crippen molar-refractivity contribution < 1.29 is 4.79 Å². The molecule has 1 amide bonds. The van der Waals surface area contributed by atoms with E-state index in [1.807, 2.05) is 18.2 Å². The maximum absolute atomic E-state index is 12.3. The molecule has 3 rings (SSSR count). The van der Waals surface area contributed by atoms with Crippen LogP contribution in [0.2, 0.25) is 0 Å². The van der Waals surface area contributed by atoms with Gasteiger partial charge in [-0.3, -0.25) is 4.79 Å². The molecule has 0 spiro atoms. The summed E-state index contributed by atoms with van der Waals surface area (Å²) in [5, 5.41) is 6.50. The molecule has 126 valence electrons. The lowest BCUT2D eigenvalue weighted by Crippen LogP contribution is -2.36. The second-order valence-electron chi connectivity index (χ2n) is 6.95. The topological polar surface area (TPSA) is 57.3 Å². The Hall–Kier alpha value is -1.62. The van der Waals surface area contributed by atoms with E-state index in [9.17, 15) is 4.79 Å². The number of nitrogens with one attached hydrogen (secondary N) is 2. The van der Waals surface area contributed by atoms with E-state index in [0.29, 0.717) is 11.9 Å². The number of anilines is 2. The zero-order valence-corrected chi connectivity index (χ0v) is 14.1. The highest BCUT2D eigenvalue weighted by Gasteiger charge is 2.21. The molecular formula is C18H28N4O. The highest BCUT2D eigenvalue weighted by Crippen LogP contribution is 2.25. The first kappa shape index (κ1) is 16.2. The maximum atomic E-state index is 12.3. The lowest BCUT2D eigenvalue weighted by Gasteiger charge is -2.29. The van der Waals surface area contributed by atoms with Gasteiger partial charge in [-0.1, -0.05) is 25.3 Å². The zero-order valence-electron chi connectivity index (χ0n) is 14.1. The lowest BCUT2D eigenvalue weighted by molar-refractivity contribution is -0.120. The summed E-state index contributed by atoms with van der Waals surface area (Å²) < 4.78 is 0. The monoisotopic (exact) mass is 316 g/mol. The zero-order chi connectivity index (χ0) is 16.1. The summed E-state index contributed by atoms with van der Waals surface area (Å²) in [6, 6.07) is 6.29. The molecule has 2 heterocycles. The summed E-state index contributed by atoms with van der Waals surface area (Å²) in [4.78, 5) is 19.2. The number of rotatable bonds is 4. The van der Waals surface area contributed by atoms with Crippen molar-refractivity contribution in [1.29, 1.82) is 0 Å². The van der Waals surface area contributed by atoms with Crippen LogP contribution in [0.15, 0.2) is 18.2 Å². The van der Waals surface area contributed by atoms with E-state index in [4.69, 9.17) is 0 Å². The van der Waals surface area contributed by atoms with Gasteiger partial charge in [0.25, 0.3) is 0 Å². The molecule has 0 aromatic carbocycles. The Kier molecular flexibility index (Phi) is 5.49. The van der Waals surface area contributed by atoms with Crippen LogP contribution >= 0.6 is 0 Å². The largest absolute Gasteiger partial charge is 0.367 e. The number of piperidine rings is 1. The van der Waals surface area contributed by atoms with Gasteiger partial charge in [0.2, 0.25) is 5.91 Å². The molecule has 5 nitrogen and oxygen atoms in total. The Morgan fingerprint density at radius 3 is 2.52 bits per heavy atom. The lowest BCUT2D eigenvalue weighted by atomic mass is 9.89. The van der Waals surface area contributed by atoms with Gasteiger partial charge < -0.3 is 15.5 Å². The number of hydrogen-bond acceptors (Lipinski definition) is 4. The minimum atomic E-state index is 0.133. The van der Waals surface area contributed by atoms with Crippen molar-refractivity contribution in [2.45, 2.75) is 51.0 Å². The molecule has 0 unspecified atom stereocenters. The van der Waals surface area contributed by atoms with Gasteiger partial charge in [0, 0.05) is 12.0 Å². The van der Waals surface area contributed by atoms with E-state index in [2.05, 4.69) is 27.6 Å². The summed E-state index contributed by atoms with van der Waals surface area (Å²) in [5.41, 5.74) is 0. The minimum absolute atomic E-state index is 0.133. The van der Waals surface area contributed by atoms with Gasteiger partial charge in [0.1, 0.15) is 11.6 Å². The van der Waals surface area contributed by atoms with Gasteiger partial charge in [0.05, 0.1) is 0 Å². The number of hydrogen-bond donors (Lipinski definition) is 2. The second kappa shape index (κ2) is 7.77. The first-order valence-corrected chi connectivity index (χ1v) is 8.94. The first-order valence-electron chi connectivity index (χ1n) is 8.94. The molecule has 1 aliphatic heterocycles. The number of nitrogens with zero attached hydrogens (tertiary/aromatic N) is 2. The number of aromatic nitrogens is 1. The molecule has 1 aromatic heterocycles. The van der Waals surface area contributed by atoms with Crippen LogP contribution in [-0.4, -0.2) is 42.0 Å². The summed E-state index contributed by atoms with van der Waals surface area (Å²) >= 11 is 0. The van der Waals surface area contributed by atoms with Crippen molar-refractivity contribution in [2.75, 3.05) is 30.8 Å². The molecule has 23 heavy (non-hydrogen) atoms. The third kappa shape index (κ3) is 4.67. The average molecular weight is 316 g/mol. The molecule has 1 aromatic rings. The molecule has 2 fully saturated rings. The Morgan fingerprint density at radius 2 is 1.78 bits per heavy atom. The SMILES string of the molecule is CN1CCC(Nc2cccc(NC(=O)C3CCCCC3)n2)CC1. The Balaban J connectivity index is 1.55. The first-order chi connectivity index (χ1) is 11.2. The number of likely N-dealkylation sites (tertiary alicyclic amines) is 1. The molecule has 1 saturated carbocycles. The van der Waals surface area contributed by atoms with Crippen LogP contribution < -0.4 is 10.6 Å². The molecular weight excluding hydrogens is 288 g/mol. The fourth-order valence-corrected chi connectivity index (χ4v) is 3.54. The van der Waals surface area contributed by atoms with Crippen LogP contribution in [0, 0.1) is 5.92 Å². The molecule has 2 aliphatic rings. The van der Waals surface area contributed by atoms with Gasteiger partial charge in [-0.25, -0.2) is 4.98 Å². The maximum Gasteiger partial charge on any atom is 0.228 e. The van der Waals surface area contributed by atoms with E-state index >= 15 is 0 Å². The summed E-state index contributed by atoms with van der Waals surface area (Å²) in [5.74, 6) is 1.82. The van der Waals surface area contributed by atoms with Gasteiger partial charge in [-0.05, 0) is 58.0 Å². The quantitative estimate of drug-likeness (QED) is 0.896. The van der Waals surface area contributed by atoms with Crippen LogP contribution in [-0.2, 0) is 4.79 Å². The van der Waals surface area contributed by atoms with Crippen LogP contribution in [0.25, 0.3) is 0 Å². The summed E-state index contributed by atoms with van der Waals surface area (Å²) in [7, 11) is 2.16. The molecule has 0 atom stereocenters. The van der Waals surface area contributed by atoms with Crippen LogP contribution in [0.3, 0.4) is 0 Å². The fourth-order valence-electron chi connectivity index (χ4n) is 3.54. The number of carbonyl (C=O) groups excluding carboxylic acids is 1. The smallest absolute Gasteiger partial charge is 0.228 e. The Morgan fingerprint density at radius 1 is 1.09 bits per heavy atom. The number of amides is 1. The van der Waals surface area contributed by atoms with Crippen molar-refractivity contribution in [1.82, 2.24) is 9.88 Å². The van der Waals surface area contributed by atoms with Crippen LogP contribution in [0.5, 0.6) is 0 Å². The van der Waals surface area contributed by atoms with Crippen molar-refractivity contribution in [3.63, 3.8) is 0 Å². The van der Waals surface area contributed by atoms with E-state index < -0.39 is 0 Å². The fraction of sp³-hybridized carbons (Fsp3) is 0.667. The molecule has 1 aliphatic carbocycles. The minimum Gasteiger partial charge on any atom is -0.367 e. The predicted octanol–water partition coefficient (Wildman–Crippen LogP) is 3.11. The van der Waals surface area contributed by atoms with Gasteiger partial charge >= 0.3 is 0 Å². The van der Waals surface area contributed by atoms with Crippen molar-refractivity contribution in [3.05, 3.63) is 18.2 Å². The average Bonchev–Trinajstić information content (AvgIpc) is 2.58. The standard InChI is InChI=1S/C18H28N4O/c1-22-12-10-15(11-13-22)19-16-8-5-9-17(20-16)21-18(23)14-6-3-2-4-7-14/h5,8-9,14-15H,2-4,6-7,10-13H2,1H3,(H2,19,20,21,23). The summed E-state index contributed by atoms with van der Waals surface area (Å²) in [6.45, 7) is 2.24. The highest BCUT2D eigenvalue weighted by molar-refractivity contribution is 5.91. The van der Waals surface area contributed by atoms with E-state index in [0.717, 1.165) is 44.6 Å². The molecule has 0 radical (unpaired) electrons. The second-order valence-corrected chi connectivity index (χ2v) is 6.95. The third-order valence-electron chi connectivity index (χ3n) is 5.05. The Bertz CT molecular complexity index is 520. The van der Waals surface area contributed by atoms with Crippen molar-refractivity contribution in [2.24, 2.45) is 5.92 Å². The van der Waals surface area contributed by atoms with E-state index in [-0.39, 0.29) is 11.8 Å². The molecule has 2 N–H and O–H groups in total. The third-order valence-corrected chi connectivity index (χ3v) is 5.05. The van der Waals surface area contributed by atoms with Gasteiger partial charge in [-0.2, -0.15) is 0 Å². The van der Waals surface area contributed by atoms with E-state index in [1.54, 1.807) is 0 Å². The van der Waals surface area contributed by atoms with Gasteiger partial charge in [0.15, 0.2) is 0 Å². The predicted molar refractivity (Wildman–Crippen MR) is 93.6 cm³/mol.